The number of hydrogen-bond donors (Lipinski definition) is 2. The summed E-state index contributed by atoms with van der Waals surface area (Å²) in [5.41, 5.74) is 2.60. The number of H-pyrrole nitrogens is 1. The Kier molecular flexibility index (Phi) is 4.99. The van der Waals surface area contributed by atoms with E-state index in [0.717, 1.165) is 30.0 Å². The summed E-state index contributed by atoms with van der Waals surface area (Å²) >= 11 is 6.94. The molecular formula is C19H20N4OS2. The minimum absolute atomic E-state index is 0.0481. The van der Waals surface area contributed by atoms with Gasteiger partial charge in [0.25, 0.3) is 0 Å². The number of rotatable bonds is 5. The number of nitrogens with zero attached hydrogens (tertiary/aromatic N) is 2. The molecule has 1 aliphatic carbocycles. The highest BCUT2D eigenvalue weighted by Gasteiger charge is 2.21. The largest absolute Gasteiger partial charge is 0.349 e. The third-order valence-corrected chi connectivity index (χ3v) is 5.94. The monoisotopic (exact) mass is 384 g/mol. The summed E-state index contributed by atoms with van der Waals surface area (Å²) in [5, 5.41) is 12.3. The van der Waals surface area contributed by atoms with Gasteiger partial charge in [0.05, 0.1) is 10.9 Å². The number of thiophene rings is 1. The third-order valence-electron chi connectivity index (χ3n) is 4.77. The molecule has 1 atom stereocenters. The van der Waals surface area contributed by atoms with Gasteiger partial charge in [-0.2, -0.15) is 5.10 Å². The molecule has 2 N–H and O–H groups in total. The van der Waals surface area contributed by atoms with E-state index < -0.39 is 0 Å². The summed E-state index contributed by atoms with van der Waals surface area (Å²) in [6.07, 6.45) is 3.58. The molecule has 0 bridgehead atoms. The van der Waals surface area contributed by atoms with Crippen LogP contribution in [0.15, 0.2) is 41.8 Å². The molecule has 134 valence electrons. The van der Waals surface area contributed by atoms with Gasteiger partial charge in [-0.05, 0) is 54.1 Å². The van der Waals surface area contributed by atoms with Gasteiger partial charge in [0.1, 0.15) is 0 Å². The fourth-order valence-electron chi connectivity index (χ4n) is 3.50. The molecule has 26 heavy (non-hydrogen) atoms. The highest BCUT2D eigenvalue weighted by Crippen LogP contribution is 2.29. The van der Waals surface area contributed by atoms with Gasteiger partial charge in [-0.1, -0.05) is 30.3 Å². The number of nitrogens with one attached hydrogen (secondary N) is 2. The molecule has 1 aliphatic rings. The topological polar surface area (TPSA) is 62.7 Å². The zero-order chi connectivity index (χ0) is 17.9. The lowest BCUT2D eigenvalue weighted by Gasteiger charge is -2.26. The first-order valence-electron chi connectivity index (χ1n) is 8.78. The number of carbonyl (C=O) groups excluding carboxylic acids is 1. The summed E-state index contributed by atoms with van der Waals surface area (Å²) in [4.78, 5) is 13.6. The van der Waals surface area contributed by atoms with Crippen LogP contribution in [0.25, 0.3) is 10.7 Å². The normalized spacial score (nSPS) is 16.2. The van der Waals surface area contributed by atoms with Crippen LogP contribution in [0.3, 0.4) is 0 Å². The Morgan fingerprint density at radius 1 is 1.35 bits per heavy atom. The quantitative estimate of drug-likeness (QED) is 0.646. The Bertz CT molecular complexity index is 958. The standard InChI is InChI=1S/C19H20N4OS2/c24-17(20-15-8-3-6-13-5-1-2-7-14(13)15)10-11-23-18(21-22-19(23)25)16-9-4-12-26-16/h1-2,4-5,7,9,12,15H,3,6,8,10-11H2,(H,20,24)(H,22,25)/t15-/m0/s1. The molecule has 0 radical (unpaired) electrons. The first kappa shape index (κ1) is 17.2. The summed E-state index contributed by atoms with van der Waals surface area (Å²) in [5.74, 6) is 0.841. The lowest BCUT2D eigenvalue weighted by Crippen LogP contribution is -2.31. The van der Waals surface area contributed by atoms with E-state index in [-0.39, 0.29) is 11.9 Å². The van der Waals surface area contributed by atoms with Crippen LogP contribution in [0.5, 0.6) is 0 Å². The molecule has 1 amide bonds. The van der Waals surface area contributed by atoms with E-state index in [1.807, 2.05) is 28.1 Å². The number of benzene rings is 1. The first-order valence-corrected chi connectivity index (χ1v) is 10.1. The molecule has 7 heteroatoms. The molecule has 0 spiro atoms. The molecule has 4 rings (SSSR count). The second kappa shape index (κ2) is 7.55. The second-order valence-electron chi connectivity index (χ2n) is 6.44. The van der Waals surface area contributed by atoms with Crippen molar-refractivity contribution in [3.8, 4) is 10.7 Å². The molecule has 3 aromatic rings. The van der Waals surface area contributed by atoms with E-state index in [9.17, 15) is 4.79 Å². The molecule has 2 aromatic heterocycles. The van der Waals surface area contributed by atoms with Crippen molar-refractivity contribution in [3.63, 3.8) is 0 Å². The number of fused-ring (bicyclic) bond motifs is 1. The SMILES string of the molecule is O=C(CCn1c(-c2cccs2)n[nH]c1=S)N[C@H]1CCCc2ccccc21. The number of aromatic amines is 1. The molecule has 0 saturated carbocycles. The average molecular weight is 385 g/mol. The minimum atomic E-state index is 0.0481. The number of aryl methyl sites for hydroxylation is 1. The van der Waals surface area contributed by atoms with Crippen LogP contribution < -0.4 is 5.32 Å². The molecule has 1 aromatic carbocycles. The number of aromatic nitrogens is 3. The molecule has 0 fully saturated rings. The number of amides is 1. The lowest BCUT2D eigenvalue weighted by molar-refractivity contribution is -0.122. The lowest BCUT2D eigenvalue weighted by atomic mass is 9.88. The van der Waals surface area contributed by atoms with Gasteiger partial charge in [0.15, 0.2) is 10.6 Å². The van der Waals surface area contributed by atoms with Crippen molar-refractivity contribution in [1.29, 1.82) is 0 Å². The van der Waals surface area contributed by atoms with Crippen LogP contribution in [0.2, 0.25) is 0 Å². The van der Waals surface area contributed by atoms with Crippen molar-refractivity contribution >= 4 is 29.5 Å². The Balaban J connectivity index is 1.43. The second-order valence-corrected chi connectivity index (χ2v) is 7.78. The van der Waals surface area contributed by atoms with E-state index in [1.54, 1.807) is 11.3 Å². The van der Waals surface area contributed by atoms with Crippen molar-refractivity contribution in [2.75, 3.05) is 0 Å². The van der Waals surface area contributed by atoms with Gasteiger partial charge in [-0.15, -0.1) is 11.3 Å². The summed E-state index contributed by atoms with van der Waals surface area (Å²) in [7, 11) is 0. The van der Waals surface area contributed by atoms with Crippen molar-refractivity contribution < 1.29 is 4.79 Å². The Hall–Kier alpha value is -2.25. The number of hydrogen-bond acceptors (Lipinski definition) is 4. The van der Waals surface area contributed by atoms with Crippen LogP contribution in [0.4, 0.5) is 0 Å². The van der Waals surface area contributed by atoms with Crippen molar-refractivity contribution in [2.24, 2.45) is 0 Å². The van der Waals surface area contributed by atoms with Crippen LogP contribution >= 0.6 is 23.6 Å². The van der Waals surface area contributed by atoms with Crippen molar-refractivity contribution in [2.45, 2.75) is 38.3 Å². The minimum Gasteiger partial charge on any atom is -0.349 e. The van der Waals surface area contributed by atoms with E-state index >= 15 is 0 Å². The Morgan fingerprint density at radius 3 is 3.08 bits per heavy atom. The van der Waals surface area contributed by atoms with Gasteiger partial charge in [-0.25, -0.2) is 0 Å². The van der Waals surface area contributed by atoms with Gasteiger partial charge in [-0.3, -0.25) is 14.5 Å². The van der Waals surface area contributed by atoms with Crippen LogP contribution in [-0.2, 0) is 17.8 Å². The van der Waals surface area contributed by atoms with Crippen LogP contribution in [0, 0.1) is 4.77 Å². The predicted octanol–water partition coefficient (Wildman–Crippen LogP) is 4.25. The third kappa shape index (κ3) is 3.50. The first-order chi connectivity index (χ1) is 12.7. The molecule has 0 saturated heterocycles. The van der Waals surface area contributed by atoms with E-state index in [2.05, 4.69) is 33.7 Å². The van der Waals surface area contributed by atoms with Gasteiger partial charge < -0.3 is 5.32 Å². The van der Waals surface area contributed by atoms with Crippen molar-refractivity contribution in [3.05, 3.63) is 57.7 Å². The summed E-state index contributed by atoms with van der Waals surface area (Å²) in [6, 6.07) is 12.5. The smallest absolute Gasteiger partial charge is 0.222 e. The Labute approximate surface area is 161 Å². The molecular weight excluding hydrogens is 364 g/mol. The maximum atomic E-state index is 12.5. The highest BCUT2D eigenvalue weighted by atomic mass is 32.1. The summed E-state index contributed by atoms with van der Waals surface area (Å²) < 4.78 is 2.44. The molecule has 0 unspecified atom stereocenters. The van der Waals surface area contributed by atoms with Gasteiger partial charge in [0.2, 0.25) is 5.91 Å². The highest BCUT2D eigenvalue weighted by molar-refractivity contribution is 7.71. The zero-order valence-electron chi connectivity index (χ0n) is 14.3. The van der Waals surface area contributed by atoms with E-state index in [0.29, 0.717) is 17.7 Å². The Morgan fingerprint density at radius 2 is 2.23 bits per heavy atom. The van der Waals surface area contributed by atoms with Crippen LogP contribution in [0.1, 0.15) is 36.4 Å². The van der Waals surface area contributed by atoms with E-state index in [4.69, 9.17) is 12.2 Å². The fraction of sp³-hybridized carbons (Fsp3) is 0.316. The van der Waals surface area contributed by atoms with E-state index in [1.165, 1.54) is 11.1 Å². The predicted molar refractivity (Wildman–Crippen MR) is 106 cm³/mol. The van der Waals surface area contributed by atoms with Crippen molar-refractivity contribution in [1.82, 2.24) is 20.1 Å². The molecule has 5 nitrogen and oxygen atoms in total. The zero-order valence-corrected chi connectivity index (χ0v) is 15.9. The molecule has 2 heterocycles. The fourth-order valence-corrected chi connectivity index (χ4v) is 4.45. The van der Waals surface area contributed by atoms with Gasteiger partial charge >= 0.3 is 0 Å². The summed E-state index contributed by atoms with van der Waals surface area (Å²) in [6.45, 7) is 0.517. The molecule has 0 aliphatic heterocycles. The maximum absolute atomic E-state index is 12.5. The maximum Gasteiger partial charge on any atom is 0.222 e. The average Bonchev–Trinajstić information content (AvgIpc) is 3.30. The van der Waals surface area contributed by atoms with Gasteiger partial charge in [0, 0.05) is 13.0 Å². The van der Waals surface area contributed by atoms with Crippen LogP contribution in [-0.4, -0.2) is 20.7 Å². The number of carbonyl (C=O) groups is 1.